The summed E-state index contributed by atoms with van der Waals surface area (Å²) in [6, 6.07) is 8.91. The number of anilines is 1. The third-order valence-corrected chi connectivity index (χ3v) is 1.83. The Bertz CT molecular complexity index is 282. The Hall–Kier alpha value is -0.830. The second kappa shape index (κ2) is 3.72. The van der Waals surface area contributed by atoms with E-state index in [2.05, 4.69) is 5.32 Å². The van der Waals surface area contributed by atoms with Crippen LogP contribution < -0.4 is 5.32 Å². The van der Waals surface area contributed by atoms with E-state index in [1.165, 1.54) is 0 Å². The minimum Gasteiger partial charge on any atom is -0.374 e. The summed E-state index contributed by atoms with van der Waals surface area (Å²) in [5.41, 5.74) is 0.709. The summed E-state index contributed by atoms with van der Waals surface area (Å²) >= 11 is 0. The molecule has 0 radical (unpaired) electrons. The molecule has 0 aliphatic heterocycles. The second-order valence-corrected chi connectivity index (χ2v) is 4.01. The molecule has 0 amide bonds. The van der Waals surface area contributed by atoms with Gasteiger partial charge in [0.05, 0.1) is 0 Å². The van der Waals surface area contributed by atoms with Crippen LogP contribution in [0.1, 0.15) is 0 Å². The number of benzene rings is 1. The third kappa shape index (κ3) is 3.53. The molecule has 66 valence electrons. The maximum absolute atomic E-state index is 10.4. The van der Waals surface area contributed by atoms with Crippen molar-refractivity contribution in [3.8, 4) is 0 Å². The van der Waals surface area contributed by atoms with E-state index in [9.17, 15) is 4.57 Å². The third-order valence-electron chi connectivity index (χ3n) is 1.26. The lowest BCUT2D eigenvalue weighted by Gasteiger charge is -2.06. The molecule has 5 heteroatoms. The number of hydrogen-bond acceptors (Lipinski definition) is 2. The first kappa shape index (κ1) is 9.26. The van der Waals surface area contributed by atoms with E-state index in [1.54, 1.807) is 24.3 Å². The zero-order valence-electron chi connectivity index (χ0n) is 6.34. The van der Waals surface area contributed by atoms with Crippen LogP contribution in [0.3, 0.4) is 0 Å². The lowest BCUT2D eigenvalue weighted by Crippen LogP contribution is -2.01. The van der Waals surface area contributed by atoms with Gasteiger partial charge in [0.1, 0.15) is 6.29 Å². The fourth-order valence-corrected chi connectivity index (χ4v) is 1.14. The molecule has 1 rings (SSSR count). The van der Waals surface area contributed by atoms with Crippen molar-refractivity contribution in [2.45, 2.75) is 0 Å². The van der Waals surface area contributed by atoms with Crippen molar-refractivity contribution in [1.29, 1.82) is 0 Å². The van der Waals surface area contributed by atoms with Gasteiger partial charge < -0.3 is 15.1 Å². The van der Waals surface area contributed by atoms with Crippen LogP contribution in [-0.4, -0.2) is 16.1 Å². The van der Waals surface area contributed by atoms with Gasteiger partial charge in [-0.05, 0) is 12.1 Å². The first-order valence-corrected chi connectivity index (χ1v) is 5.21. The average molecular weight is 187 g/mol. The standard InChI is InChI=1S/C7H10NO3P/c9-12(10,11)6-8-7-4-2-1-3-5-7/h1-5,8H,6H2,(H2,9,10,11). The molecule has 0 fully saturated rings. The van der Waals surface area contributed by atoms with Crippen molar-refractivity contribution < 1.29 is 14.4 Å². The quantitative estimate of drug-likeness (QED) is 0.622. The number of nitrogens with one attached hydrogen (secondary N) is 1. The summed E-state index contributed by atoms with van der Waals surface area (Å²) in [4.78, 5) is 17.1. The normalized spacial score (nSPS) is 11.2. The zero-order valence-corrected chi connectivity index (χ0v) is 7.24. The smallest absolute Gasteiger partial charge is 0.344 e. The Balaban J connectivity index is 2.50. The molecule has 0 saturated heterocycles. The van der Waals surface area contributed by atoms with Gasteiger partial charge in [-0.25, -0.2) is 0 Å². The van der Waals surface area contributed by atoms with Gasteiger partial charge in [-0.1, -0.05) is 18.2 Å². The van der Waals surface area contributed by atoms with Crippen LogP contribution >= 0.6 is 7.60 Å². The molecule has 0 aliphatic carbocycles. The van der Waals surface area contributed by atoms with Crippen LogP contribution in [0.2, 0.25) is 0 Å². The minimum atomic E-state index is -3.94. The number of hydrogen-bond donors (Lipinski definition) is 3. The van der Waals surface area contributed by atoms with E-state index < -0.39 is 7.60 Å². The second-order valence-electron chi connectivity index (χ2n) is 2.37. The van der Waals surface area contributed by atoms with E-state index in [0.717, 1.165) is 0 Å². The van der Waals surface area contributed by atoms with Gasteiger partial charge in [-0.2, -0.15) is 0 Å². The van der Waals surface area contributed by atoms with Crippen molar-refractivity contribution in [2.24, 2.45) is 0 Å². The summed E-state index contributed by atoms with van der Waals surface area (Å²) in [5, 5.41) is 2.62. The molecule has 0 unspecified atom stereocenters. The van der Waals surface area contributed by atoms with Gasteiger partial charge in [0.25, 0.3) is 0 Å². The largest absolute Gasteiger partial charge is 0.374 e. The molecular formula is C7H10NO3P. The maximum Gasteiger partial charge on any atom is 0.344 e. The SMILES string of the molecule is O=P(O)(O)CNc1ccccc1. The van der Waals surface area contributed by atoms with Gasteiger partial charge in [-0.3, -0.25) is 4.57 Å². The predicted octanol–water partition coefficient (Wildman–Crippen LogP) is 1.23. The molecule has 3 N–H and O–H groups in total. The highest BCUT2D eigenvalue weighted by molar-refractivity contribution is 7.51. The van der Waals surface area contributed by atoms with E-state index >= 15 is 0 Å². The summed E-state index contributed by atoms with van der Waals surface area (Å²) in [7, 11) is -3.94. The molecule has 0 bridgehead atoms. The zero-order chi connectivity index (χ0) is 9.03. The van der Waals surface area contributed by atoms with Crippen LogP contribution in [0.5, 0.6) is 0 Å². The molecule has 12 heavy (non-hydrogen) atoms. The maximum atomic E-state index is 10.4. The molecular weight excluding hydrogens is 177 g/mol. The topological polar surface area (TPSA) is 69.6 Å². The van der Waals surface area contributed by atoms with E-state index in [1.807, 2.05) is 6.07 Å². The summed E-state index contributed by atoms with van der Waals surface area (Å²) in [5.74, 6) is 0. The fraction of sp³-hybridized carbons (Fsp3) is 0.143. The first-order valence-electron chi connectivity index (χ1n) is 3.41. The molecule has 4 nitrogen and oxygen atoms in total. The van der Waals surface area contributed by atoms with Gasteiger partial charge in [-0.15, -0.1) is 0 Å². The van der Waals surface area contributed by atoms with Crippen molar-refractivity contribution in [3.63, 3.8) is 0 Å². The Morgan fingerprint density at radius 1 is 1.25 bits per heavy atom. The molecule has 0 saturated carbocycles. The highest BCUT2D eigenvalue weighted by Gasteiger charge is 2.10. The lowest BCUT2D eigenvalue weighted by atomic mass is 10.3. The highest BCUT2D eigenvalue weighted by atomic mass is 31.2. The van der Waals surface area contributed by atoms with Crippen molar-refractivity contribution >= 4 is 13.3 Å². The van der Waals surface area contributed by atoms with E-state index in [-0.39, 0.29) is 6.29 Å². The summed E-state index contributed by atoms with van der Waals surface area (Å²) < 4.78 is 10.4. The van der Waals surface area contributed by atoms with Crippen molar-refractivity contribution in [1.82, 2.24) is 0 Å². The summed E-state index contributed by atoms with van der Waals surface area (Å²) in [6.07, 6.45) is -0.322. The molecule has 0 aliphatic rings. The molecule has 1 aromatic carbocycles. The lowest BCUT2D eigenvalue weighted by molar-refractivity contribution is 0.375. The Kier molecular flexibility index (Phi) is 2.87. The predicted molar refractivity (Wildman–Crippen MR) is 47.0 cm³/mol. The first-order chi connectivity index (χ1) is 5.58. The van der Waals surface area contributed by atoms with Gasteiger partial charge >= 0.3 is 7.60 Å². The Labute approximate surface area is 70.4 Å². The molecule has 0 atom stereocenters. The average Bonchev–Trinajstić information content (AvgIpc) is 2.02. The number of rotatable bonds is 3. The molecule has 1 aromatic rings. The van der Waals surface area contributed by atoms with Gasteiger partial charge in [0, 0.05) is 5.69 Å². The monoisotopic (exact) mass is 187 g/mol. The summed E-state index contributed by atoms with van der Waals surface area (Å²) in [6.45, 7) is 0. The van der Waals surface area contributed by atoms with Gasteiger partial charge in [0.15, 0.2) is 0 Å². The minimum absolute atomic E-state index is 0.322. The number of para-hydroxylation sites is 1. The van der Waals surface area contributed by atoms with Crippen LogP contribution in [0.4, 0.5) is 5.69 Å². The fourth-order valence-electron chi connectivity index (χ4n) is 0.750. The van der Waals surface area contributed by atoms with E-state index in [4.69, 9.17) is 9.79 Å². The molecule has 0 aromatic heterocycles. The molecule has 0 spiro atoms. The Morgan fingerprint density at radius 3 is 2.33 bits per heavy atom. The highest BCUT2D eigenvalue weighted by Crippen LogP contribution is 2.33. The van der Waals surface area contributed by atoms with Crippen LogP contribution in [0.25, 0.3) is 0 Å². The van der Waals surface area contributed by atoms with Gasteiger partial charge in [0.2, 0.25) is 0 Å². The van der Waals surface area contributed by atoms with Crippen LogP contribution in [-0.2, 0) is 4.57 Å². The van der Waals surface area contributed by atoms with Crippen molar-refractivity contribution in [2.75, 3.05) is 11.6 Å². The van der Waals surface area contributed by atoms with Crippen LogP contribution in [0.15, 0.2) is 30.3 Å². The molecule has 0 heterocycles. The van der Waals surface area contributed by atoms with Crippen molar-refractivity contribution in [3.05, 3.63) is 30.3 Å². The Morgan fingerprint density at radius 2 is 1.83 bits per heavy atom. The van der Waals surface area contributed by atoms with E-state index in [0.29, 0.717) is 5.69 Å². The van der Waals surface area contributed by atoms with Crippen LogP contribution in [0, 0.1) is 0 Å².